The molecular weight excluding hydrogens is 432 g/mol. The molecule has 0 radical (unpaired) electrons. The summed E-state index contributed by atoms with van der Waals surface area (Å²) in [5.41, 5.74) is 2.85. The number of aromatic nitrogens is 5. The Labute approximate surface area is 194 Å². The van der Waals surface area contributed by atoms with Crippen molar-refractivity contribution in [2.24, 2.45) is 0 Å². The van der Waals surface area contributed by atoms with Gasteiger partial charge in [-0.15, -0.1) is 0 Å². The van der Waals surface area contributed by atoms with Gasteiger partial charge in [0.2, 0.25) is 5.95 Å². The highest BCUT2D eigenvalue weighted by atomic mass is 16.6. The van der Waals surface area contributed by atoms with Crippen molar-refractivity contribution in [2.75, 3.05) is 18.5 Å². The molecule has 4 heterocycles. The monoisotopic (exact) mass is 454 g/mol. The SMILES string of the molecule is CCc1ccc(-n2c(=O)c3cn[nH]c3c3cnc(NCC4COc5ccccc5O4)nc32)cc1. The normalized spacial score (nSPS) is 15.0. The smallest absolute Gasteiger partial charge is 0.267 e. The van der Waals surface area contributed by atoms with Crippen molar-refractivity contribution >= 4 is 27.9 Å². The minimum atomic E-state index is -0.201. The number of H-pyrrole nitrogens is 1. The number of nitrogens with one attached hydrogen (secondary N) is 2. The molecule has 1 atom stereocenters. The van der Waals surface area contributed by atoms with Gasteiger partial charge in [0, 0.05) is 6.20 Å². The van der Waals surface area contributed by atoms with E-state index in [4.69, 9.17) is 14.5 Å². The molecule has 0 amide bonds. The Balaban J connectivity index is 1.37. The summed E-state index contributed by atoms with van der Waals surface area (Å²) in [6.07, 6.45) is 3.96. The minimum Gasteiger partial charge on any atom is -0.486 e. The Hall–Kier alpha value is -4.40. The first kappa shape index (κ1) is 20.2. The van der Waals surface area contributed by atoms with Crippen LogP contribution in [0.1, 0.15) is 12.5 Å². The van der Waals surface area contributed by atoms with Gasteiger partial charge >= 0.3 is 0 Å². The zero-order valence-corrected chi connectivity index (χ0v) is 18.5. The first-order valence-corrected chi connectivity index (χ1v) is 11.2. The van der Waals surface area contributed by atoms with Crippen LogP contribution in [0.25, 0.3) is 27.6 Å². The van der Waals surface area contributed by atoms with Crippen LogP contribution in [-0.2, 0) is 6.42 Å². The number of aromatic amines is 1. The molecule has 0 fully saturated rings. The largest absolute Gasteiger partial charge is 0.486 e. The zero-order chi connectivity index (χ0) is 23.1. The highest BCUT2D eigenvalue weighted by molar-refractivity contribution is 6.02. The molecule has 0 bridgehead atoms. The quantitative estimate of drug-likeness (QED) is 0.419. The lowest BCUT2D eigenvalue weighted by atomic mass is 10.1. The van der Waals surface area contributed by atoms with E-state index in [1.54, 1.807) is 17.0 Å². The van der Waals surface area contributed by atoms with Crippen LogP contribution in [0.4, 0.5) is 5.95 Å². The number of anilines is 1. The second-order valence-corrected chi connectivity index (χ2v) is 8.13. The standard InChI is InChI=1S/C25H22N6O3/c1-2-15-7-9-16(10-8-15)31-23-18(22-19(24(31)32)13-28-30-22)12-27-25(29-23)26-11-17-14-33-20-5-3-4-6-21(20)34-17/h3-10,12-13,17H,2,11,14H2,1H3,(H,28,30)(H,26,27,29). The first-order valence-electron chi connectivity index (χ1n) is 11.2. The molecule has 5 aromatic rings. The Kier molecular flexibility index (Phi) is 4.87. The van der Waals surface area contributed by atoms with E-state index in [-0.39, 0.29) is 11.7 Å². The van der Waals surface area contributed by atoms with Crippen molar-refractivity contribution in [3.05, 3.63) is 76.8 Å². The van der Waals surface area contributed by atoms with Crippen LogP contribution in [0.5, 0.6) is 11.5 Å². The van der Waals surface area contributed by atoms with E-state index in [1.807, 2.05) is 48.5 Å². The van der Waals surface area contributed by atoms with Crippen LogP contribution in [0.15, 0.2) is 65.7 Å². The number of nitrogens with zero attached hydrogens (tertiary/aromatic N) is 4. The van der Waals surface area contributed by atoms with E-state index in [2.05, 4.69) is 27.4 Å². The van der Waals surface area contributed by atoms with Crippen LogP contribution < -0.4 is 20.3 Å². The van der Waals surface area contributed by atoms with E-state index >= 15 is 0 Å². The van der Waals surface area contributed by atoms with Gasteiger partial charge in [-0.3, -0.25) is 14.5 Å². The maximum Gasteiger partial charge on any atom is 0.267 e. The van der Waals surface area contributed by atoms with Crippen LogP contribution in [0, 0.1) is 0 Å². The van der Waals surface area contributed by atoms with E-state index < -0.39 is 0 Å². The molecule has 2 N–H and O–H groups in total. The van der Waals surface area contributed by atoms with Gasteiger partial charge < -0.3 is 14.8 Å². The van der Waals surface area contributed by atoms with Crippen molar-refractivity contribution in [2.45, 2.75) is 19.4 Å². The van der Waals surface area contributed by atoms with Gasteiger partial charge in [0.15, 0.2) is 17.1 Å². The van der Waals surface area contributed by atoms with Gasteiger partial charge in [-0.25, -0.2) is 4.98 Å². The molecule has 6 rings (SSSR count). The van der Waals surface area contributed by atoms with Crippen molar-refractivity contribution in [1.82, 2.24) is 24.7 Å². The highest BCUT2D eigenvalue weighted by Gasteiger charge is 2.21. The number of hydrogen-bond acceptors (Lipinski definition) is 7. The van der Waals surface area contributed by atoms with E-state index in [0.717, 1.165) is 17.9 Å². The summed E-state index contributed by atoms with van der Waals surface area (Å²) in [6.45, 7) is 2.96. The van der Waals surface area contributed by atoms with Gasteiger partial charge in [0.05, 0.1) is 34.7 Å². The summed E-state index contributed by atoms with van der Waals surface area (Å²) in [6, 6.07) is 15.5. The molecular formula is C25H22N6O3. The molecule has 0 spiro atoms. The van der Waals surface area contributed by atoms with Crippen LogP contribution in [0.2, 0.25) is 0 Å². The molecule has 1 aliphatic heterocycles. The number of ether oxygens (including phenoxy) is 2. The Morgan fingerprint density at radius 2 is 1.91 bits per heavy atom. The average Bonchev–Trinajstić information content (AvgIpc) is 3.38. The topological polar surface area (TPSA) is 107 Å². The fraction of sp³-hybridized carbons (Fsp3) is 0.200. The summed E-state index contributed by atoms with van der Waals surface area (Å²) in [7, 11) is 0. The first-order chi connectivity index (χ1) is 16.7. The van der Waals surface area contributed by atoms with Crippen LogP contribution in [0.3, 0.4) is 0 Å². The van der Waals surface area contributed by atoms with Gasteiger partial charge in [-0.05, 0) is 36.2 Å². The molecule has 3 aromatic heterocycles. The fourth-order valence-electron chi connectivity index (χ4n) is 4.16. The highest BCUT2D eigenvalue weighted by Crippen LogP contribution is 2.31. The third kappa shape index (κ3) is 3.42. The molecule has 9 heteroatoms. The third-order valence-electron chi connectivity index (χ3n) is 5.98. The summed E-state index contributed by atoms with van der Waals surface area (Å²) in [4.78, 5) is 22.6. The lowest BCUT2D eigenvalue weighted by molar-refractivity contribution is 0.0996. The molecule has 1 aliphatic rings. The molecule has 2 aromatic carbocycles. The minimum absolute atomic E-state index is 0.189. The predicted molar refractivity (Wildman–Crippen MR) is 129 cm³/mol. The average molecular weight is 454 g/mol. The lowest BCUT2D eigenvalue weighted by Crippen LogP contribution is -2.35. The second-order valence-electron chi connectivity index (χ2n) is 8.13. The van der Waals surface area contributed by atoms with Crippen molar-refractivity contribution in [3.63, 3.8) is 0 Å². The molecule has 34 heavy (non-hydrogen) atoms. The number of aryl methyl sites for hydroxylation is 1. The third-order valence-corrected chi connectivity index (χ3v) is 5.98. The van der Waals surface area contributed by atoms with Gasteiger partial charge in [0.25, 0.3) is 5.56 Å². The zero-order valence-electron chi connectivity index (χ0n) is 18.5. The number of fused-ring (bicyclic) bond motifs is 4. The summed E-state index contributed by atoms with van der Waals surface area (Å²) < 4.78 is 13.4. The van der Waals surface area contributed by atoms with Gasteiger partial charge in [0.1, 0.15) is 12.7 Å². The summed E-state index contributed by atoms with van der Waals surface area (Å²) in [5.74, 6) is 1.85. The van der Waals surface area contributed by atoms with Crippen LogP contribution >= 0.6 is 0 Å². The van der Waals surface area contributed by atoms with Crippen molar-refractivity contribution < 1.29 is 9.47 Å². The Morgan fingerprint density at radius 1 is 1.09 bits per heavy atom. The number of benzene rings is 2. The Morgan fingerprint density at radius 3 is 2.74 bits per heavy atom. The summed E-state index contributed by atoms with van der Waals surface area (Å²) >= 11 is 0. The van der Waals surface area contributed by atoms with Crippen molar-refractivity contribution in [3.8, 4) is 17.2 Å². The lowest BCUT2D eigenvalue weighted by Gasteiger charge is -2.26. The second kappa shape index (κ2) is 8.18. The molecule has 0 saturated carbocycles. The number of para-hydroxylation sites is 2. The van der Waals surface area contributed by atoms with E-state index in [9.17, 15) is 4.79 Å². The number of pyridine rings is 1. The fourth-order valence-corrected chi connectivity index (χ4v) is 4.16. The summed E-state index contributed by atoms with van der Waals surface area (Å²) in [5, 5.41) is 11.4. The maximum absolute atomic E-state index is 13.4. The van der Waals surface area contributed by atoms with Crippen LogP contribution in [-0.4, -0.2) is 44.0 Å². The number of hydrogen-bond donors (Lipinski definition) is 2. The van der Waals surface area contributed by atoms with E-state index in [0.29, 0.717) is 46.8 Å². The maximum atomic E-state index is 13.4. The predicted octanol–water partition coefficient (Wildman–Crippen LogP) is 3.47. The van der Waals surface area contributed by atoms with Gasteiger partial charge in [-0.2, -0.15) is 10.1 Å². The molecule has 0 saturated heterocycles. The molecule has 9 nitrogen and oxygen atoms in total. The molecule has 170 valence electrons. The van der Waals surface area contributed by atoms with E-state index in [1.165, 1.54) is 5.56 Å². The Bertz CT molecular complexity index is 1560. The molecule has 1 unspecified atom stereocenters. The van der Waals surface area contributed by atoms with Gasteiger partial charge in [-0.1, -0.05) is 31.2 Å². The number of rotatable bonds is 5. The van der Waals surface area contributed by atoms with Crippen molar-refractivity contribution in [1.29, 1.82) is 0 Å². The molecule has 0 aliphatic carbocycles.